The van der Waals surface area contributed by atoms with E-state index >= 15 is 0 Å². The van der Waals surface area contributed by atoms with Crippen LogP contribution >= 0.6 is 0 Å². The van der Waals surface area contributed by atoms with E-state index in [0.717, 1.165) is 30.3 Å². The van der Waals surface area contributed by atoms with Crippen molar-refractivity contribution in [3.63, 3.8) is 0 Å². The molecule has 0 spiro atoms. The van der Waals surface area contributed by atoms with E-state index in [0.29, 0.717) is 0 Å². The lowest BCUT2D eigenvalue weighted by molar-refractivity contribution is 0.281. The highest BCUT2D eigenvalue weighted by Crippen LogP contribution is 2.26. The predicted octanol–water partition coefficient (Wildman–Crippen LogP) is 2.12. The Morgan fingerprint density at radius 3 is 3.06 bits per heavy atom. The highest BCUT2D eigenvalue weighted by Gasteiger charge is 2.18. The molecule has 0 radical (unpaired) electrons. The summed E-state index contributed by atoms with van der Waals surface area (Å²) >= 11 is 0. The van der Waals surface area contributed by atoms with E-state index < -0.39 is 0 Å². The van der Waals surface area contributed by atoms with Gasteiger partial charge in [0, 0.05) is 36.2 Å². The van der Waals surface area contributed by atoms with Crippen molar-refractivity contribution in [2.45, 2.75) is 33.3 Å². The second-order valence-corrected chi connectivity index (χ2v) is 4.81. The Labute approximate surface area is 97.1 Å². The number of piperidine rings is 1. The summed E-state index contributed by atoms with van der Waals surface area (Å²) in [6.45, 7) is 6.56. The van der Waals surface area contributed by atoms with Gasteiger partial charge in [0.25, 0.3) is 0 Å². The highest BCUT2D eigenvalue weighted by molar-refractivity contribution is 5.53. The first-order valence-electron chi connectivity index (χ1n) is 6.02. The summed E-state index contributed by atoms with van der Waals surface area (Å²) < 4.78 is 0. The number of anilines is 1. The number of aromatic nitrogens is 1. The van der Waals surface area contributed by atoms with Crippen molar-refractivity contribution >= 4 is 5.69 Å². The lowest BCUT2D eigenvalue weighted by Crippen LogP contribution is -2.35. The van der Waals surface area contributed by atoms with Crippen molar-refractivity contribution < 1.29 is 5.11 Å². The average molecular weight is 220 g/mol. The molecule has 1 N–H and O–H groups in total. The molecule has 2 heterocycles. The van der Waals surface area contributed by atoms with Crippen molar-refractivity contribution in [3.8, 4) is 0 Å². The Bertz CT molecular complexity index is 365. The minimum Gasteiger partial charge on any atom is -0.392 e. The van der Waals surface area contributed by atoms with Gasteiger partial charge < -0.3 is 10.0 Å². The van der Waals surface area contributed by atoms with E-state index in [-0.39, 0.29) is 6.61 Å². The summed E-state index contributed by atoms with van der Waals surface area (Å²) in [7, 11) is 0. The molecule has 2 rings (SSSR count). The van der Waals surface area contributed by atoms with Crippen molar-refractivity contribution in [1.29, 1.82) is 0 Å². The van der Waals surface area contributed by atoms with Crippen LogP contribution < -0.4 is 4.90 Å². The Balaban J connectivity index is 2.26. The molecule has 3 heteroatoms. The van der Waals surface area contributed by atoms with Gasteiger partial charge in [0.1, 0.15) is 0 Å². The Morgan fingerprint density at radius 2 is 2.38 bits per heavy atom. The number of aliphatic hydroxyl groups is 1. The van der Waals surface area contributed by atoms with E-state index in [1.807, 2.05) is 6.92 Å². The minimum absolute atomic E-state index is 0.0769. The van der Waals surface area contributed by atoms with Gasteiger partial charge in [-0.15, -0.1) is 0 Å². The molecule has 1 saturated heterocycles. The Hall–Kier alpha value is -1.09. The van der Waals surface area contributed by atoms with Gasteiger partial charge in [-0.05, 0) is 31.7 Å². The van der Waals surface area contributed by atoms with E-state index in [2.05, 4.69) is 22.9 Å². The fourth-order valence-corrected chi connectivity index (χ4v) is 2.40. The number of rotatable bonds is 2. The second-order valence-electron chi connectivity index (χ2n) is 4.81. The number of pyridine rings is 1. The quantitative estimate of drug-likeness (QED) is 0.829. The molecule has 1 aromatic heterocycles. The summed E-state index contributed by atoms with van der Waals surface area (Å²) in [6.07, 6.45) is 4.35. The van der Waals surface area contributed by atoms with Gasteiger partial charge in [-0.25, -0.2) is 0 Å². The average Bonchev–Trinajstić information content (AvgIpc) is 2.29. The van der Waals surface area contributed by atoms with Crippen molar-refractivity contribution in [1.82, 2.24) is 4.98 Å². The van der Waals surface area contributed by atoms with E-state index in [4.69, 9.17) is 0 Å². The smallest absolute Gasteiger partial charge is 0.0717 e. The number of nitrogens with zero attached hydrogens (tertiary/aromatic N) is 2. The molecule has 3 nitrogen and oxygen atoms in total. The number of hydrogen-bond acceptors (Lipinski definition) is 3. The normalized spacial score (nSPS) is 21.2. The Kier molecular flexibility index (Phi) is 3.44. The second kappa shape index (κ2) is 4.83. The molecule has 88 valence electrons. The number of aryl methyl sites for hydroxylation is 1. The molecule has 1 unspecified atom stereocenters. The van der Waals surface area contributed by atoms with Gasteiger partial charge in [-0.1, -0.05) is 6.92 Å². The molecule has 1 aliphatic rings. The topological polar surface area (TPSA) is 36.4 Å². The van der Waals surface area contributed by atoms with E-state index in [1.54, 1.807) is 6.20 Å². The predicted molar refractivity (Wildman–Crippen MR) is 65.5 cm³/mol. The maximum absolute atomic E-state index is 9.34. The maximum atomic E-state index is 9.34. The van der Waals surface area contributed by atoms with Crippen LogP contribution in [0.4, 0.5) is 5.69 Å². The standard InChI is InChI=1S/C13H20N2O/c1-10-4-3-5-15(8-10)13-6-11(2)14-7-12(13)9-16/h6-7,10,16H,3-5,8-9H2,1-2H3. The monoisotopic (exact) mass is 220 g/mol. The van der Waals surface area contributed by atoms with Crippen LogP contribution in [0.1, 0.15) is 31.0 Å². The molecule has 16 heavy (non-hydrogen) atoms. The molecule has 0 aliphatic carbocycles. The maximum Gasteiger partial charge on any atom is 0.0717 e. The van der Waals surface area contributed by atoms with Crippen LogP contribution in [0.3, 0.4) is 0 Å². The molecule has 1 aliphatic heterocycles. The van der Waals surface area contributed by atoms with Crippen molar-refractivity contribution in [2.24, 2.45) is 5.92 Å². The van der Waals surface area contributed by atoms with E-state index in [1.165, 1.54) is 18.5 Å². The molecule has 0 bridgehead atoms. The first-order valence-corrected chi connectivity index (χ1v) is 6.02. The van der Waals surface area contributed by atoms with Gasteiger partial charge >= 0.3 is 0 Å². The molecular formula is C13H20N2O. The molecule has 1 aromatic rings. The highest BCUT2D eigenvalue weighted by atomic mass is 16.3. The fraction of sp³-hybridized carbons (Fsp3) is 0.615. The minimum atomic E-state index is 0.0769. The third-order valence-electron chi connectivity index (χ3n) is 3.27. The van der Waals surface area contributed by atoms with Crippen LogP contribution in [-0.2, 0) is 6.61 Å². The van der Waals surface area contributed by atoms with Gasteiger partial charge in [0.15, 0.2) is 0 Å². The molecule has 0 aromatic carbocycles. The molecule has 1 fully saturated rings. The van der Waals surface area contributed by atoms with Crippen LogP contribution in [0.2, 0.25) is 0 Å². The zero-order valence-electron chi connectivity index (χ0n) is 10.1. The van der Waals surface area contributed by atoms with Crippen LogP contribution in [-0.4, -0.2) is 23.2 Å². The van der Waals surface area contributed by atoms with Crippen LogP contribution in [0.5, 0.6) is 0 Å². The molecule has 1 atom stereocenters. The zero-order valence-corrected chi connectivity index (χ0v) is 10.1. The summed E-state index contributed by atoms with van der Waals surface area (Å²) in [6, 6.07) is 2.09. The first-order chi connectivity index (χ1) is 7.70. The first kappa shape index (κ1) is 11.4. The lowest BCUT2D eigenvalue weighted by atomic mass is 9.99. The zero-order chi connectivity index (χ0) is 11.5. The molecular weight excluding hydrogens is 200 g/mol. The third-order valence-corrected chi connectivity index (χ3v) is 3.27. The van der Waals surface area contributed by atoms with Crippen LogP contribution in [0, 0.1) is 12.8 Å². The lowest BCUT2D eigenvalue weighted by Gasteiger charge is -2.34. The summed E-state index contributed by atoms with van der Waals surface area (Å²) in [5.74, 6) is 0.744. The summed E-state index contributed by atoms with van der Waals surface area (Å²) in [4.78, 5) is 6.62. The van der Waals surface area contributed by atoms with Gasteiger partial charge in [-0.2, -0.15) is 0 Å². The van der Waals surface area contributed by atoms with Crippen LogP contribution in [0.15, 0.2) is 12.3 Å². The third kappa shape index (κ3) is 2.35. The van der Waals surface area contributed by atoms with Gasteiger partial charge in [0.05, 0.1) is 6.61 Å². The van der Waals surface area contributed by atoms with Crippen molar-refractivity contribution in [3.05, 3.63) is 23.5 Å². The molecule has 0 amide bonds. The molecule has 0 saturated carbocycles. The largest absolute Gasteiger partial charge is 0.392 e. The SMILES string of the molecule is Cc1cc(N2CCCC(C)C2)c(CO)cn1. The number of hydrogen-bond donors (Lipinski definition) is 1. The van der Waals surface area contributed by atoms with Gasteiger partial charge in [-0.3, -0.25) is 4.98 Å². The fourth-order valence-electron chi connectivity index (χ4n) is 2.40. The summed E-state index contributed by atoms with van der Waals surface area (Å²) in [5, 5.41) is 9.34. The Morgan fingerprint density at radius 1 is 1.56 bits per heavy atom. The van der Waals surface area contributed by atoms with E-state index in [9.17, 15) is 5.11 Å². The number of aliphatic hydroxyl groups excluding tert-OH is 1. The van der Waals surface area contributed by atoms with Crippen LogP contribution in [0.25, 0.3) is 0 Å². The van der Waals surface area contributed by atoms with Gasteiger partial charge in [0.2, 0.25) is 0 Å². The van der Waals surface area contributed by atoms with Crippen molar-refractivity contribution in [2.75, 3.05) is 18.0 Å². The summed E-state index contributed by atoms with van der Waals surface area (Å²) in [5.41, 5.74) is 3.13.